The van der Waals surface area contributed by atoms with Gasteiger partial charge in [0.1, 0.15) is 13.2 Å². The third-order valence-corrected chi connectivity index (χ3v) is 5.12. The number of nitrogens with one attached hydrogen (secondary N) is 2. The van der Waals surface area contributed by atoms with Gasteiger partial charge in [0.25, 0.3) is 0 Å². The van der Waals surface area contributed by atoms with Crippen LogP contribution in [-0.2, 0) is 31.9 Å². The van der Waals surface area contributed by atoms with Crippen molar-refractivity contribution in [2.75, 3.05) is 33.0 Å². The van der Waals surface area contributed by atoms with Crippen molar-refractivity contribution in [2.24, 2.45) is 0 Å². The van der Waals surface area contributed by atoms with Gasteiger partial charge in [-0.15, -0.1) is 0 Å². The minimum Gasteiger partial charge on any atom is -0.371 e. The monoisotopic (exact) mass is 426 g/mol. The zero-order valence-electron chi connectivity index (χ0n) is 18.6. The number of rotatable bonds is 14. The average molecular weight is 427 g/mol. The fraction of sp³-hybridized carbons (Fsp3) is 0.440. The van der Waals surface area contributed by atoms with E-state index in [9.17, 15) is 9.59 Å². The molecule has 0 aliphatic carbocycles. The lowest BCUT2D eigenvalue weighted by atomic mass is 9.99. The van der Waals surface area contributed by atoms with Crippen molar-refractivity contribution in [1.29, 1.82) is 0 Å². The van der Waals surface area contributed by atoms with Gasteiger partial charge in [-0.05, 0) is 37.3 Å². The zero-order valence-corrected chi connectivity index (χ0v) is 18.6. The second-order valence-corrected chi connectivity index (χ2v) is 7.82. The van der Waals surface area contributed by atoms with Crippen molar-refractivity contribution < 1.29 is 19.1 Å². The van der Waals surface area contributed by atoms with Gasteiger partial charge >= 0.3 is 0 Å². The first-order chi connectivity index (χ1) is 15.0. The van der Waals surface area contributed by atoms with Crippen LogP contribution in [0.25, 0.3) is 0 Å². The average Bonchev–Trinajstić information content (AvgIpc) is 2.80. The molecule has 0 aliphatic rings. The van der Waals surface area contributed by atoms with E-state index in [1.165, 1.54) is 11.1 Å². The van der Waals surface area contributed by atoms with Crippen LogP contribution >= 0.6 is 0 Å². The van der Waals surface area contributed by atoms with E-state index in [-0.39, 0.29) is 25.0 Å². The summed E-state index contributed by atoms with van der Waals surface area (Å²) in [5, 5.41) is 5.81. The summed E-state index contributed by atoms with van der Waals surface area (Å²) in [4.78, 5) is 24.3. The van der Waals surface area contributed by atoms with Crippen LogP contribution in [0.2, 0.25) is 0 Å². The first kappa shape index (κ1) is 24.6. The van der Waals surface area contributed by atoms with Crippen LogP contribution in [0.15, 0.2) is 60.7 Å². The second kappa shape index (κ2) is 13.6. The Morgan fingerprint density at radius 2 is 1.29 bits per heavy atom. The highest BCUT2D eigenvalue weighted by molar-refractivity contribution is 5.79. The fourth-order valence-corrected chi connectivity index (χ4v) is 2.97. The highest BCUT2D eigenvalue weighted by Gasteiger charge is 2.25. The van der Waals surface area contributed by atoms with Gasteiger partial charge in [-0.25, -0.2) is 0 Å². The molecule has 0 spiro atoms. The molecule has 2 aromatic carbocycles. The highest BCUT2D eigenvalue weighted by Crippen LogP contribution is 2.08. The van der Waals surface area contributed by atoms with E-state index in [0.717, 1.165) is 12.8 Å². The number of hydrogen-bond donors (Lipinski definition) is 2. The molecule has 6 heteroatoms. The Bertz CT molecular complexity index is 783. The molecule has 6 nitrogen and oxygen atoms in total. The third kappa shape index (κ3) is 10.2. The summed E-state index contributed by atoms with van der Waals surface area (Å²) in [7, 11) is 0. The SMILES string of the molecule is CC[C@@](C)(CNC(=O)COCCc1ccccc1)NC(=O)COCCc1ccccc1. The summed E-state index contributed by atoms with van der Waals surface area (Å²) in [6, 6.07) is 20.0. The van der Waals surface area contributed by atoms with Gasteiger partial charge in [0.15, 0.2) is 0 Å². The number of amides is 2. The van der Waals surface area contributed by atoms with Crippen LogP contribution in [-0.4, -0.2) is 50.3 Å². The zero-order chi connectivity index (χ0) is 22.4. The van der Waals surface area contributed by atoms with Gasteiger partial charge in [-0.3, -0.25) is 9.59 Å². The molecule has 0 saturated heterocycles. The van der Waals surface area contributed by atoms with E-state index < -0.39 is 5.54 Å². The number of carbonyl (C=O) groups is 2. The maximum absolute atomic E-state index is 12.2. The van der Waals surface area contributed by atoms with Gasteiger partial charge in [-0.2, -0.15) is 0 Å². The van der Waals surface area contributed by atoms with Gasteiger partial charge in [0.2, 0.25) is 11.8 Å². The summed E-state index contributed by atoms with van der Waals surface area (Å²) in [6.07, 6.45) is 2.21. The number of carbonyl (C=O) groups excluding carboxylic acids is 2. The van der Waals surface area contributed by atoms with Crippen LogP contribution in [0.4, 0.5) is 0 Å². The van der Waals surface area contributed by atoms with Crippen molar-refractivity contribution in [3.63, 3.8) is 0 Å². The van der Waals surface area contributed by atoms with Crippen LogP contribution in [0.5, 0.6) is 0 Å². The van der Waals surface area contributed by atoms with Crippen molar-refractivity contribution in [1.82, 2.24) is 10.6 Å². The Kier molecular flexibility index (Phi) is 10.8. The number of ether oxygens (including phenoxy) is 2. The standard InChI is InChI=1S/C25H34N2O4/c1-3-25(2,27-24(29)19-31-17-15-22-12-8-5-9-13-22)20-26-23(28)18-30-16-14-21-10-6-4-7-11-21/h4-13H,3,14-20H2,1-2H3,(H,26,28)(H,27,29)/t25-/m0/s1. The molecule has 2 N–H and O–H groups in total. The minimum atomic E-state index is -0.542. The molecule has 0 aliphatic heterocycles. The molecular formula is C25H34N2O4. The predicted molar refractivity (Wildman–Crippen MR) is 122 cm³/mol. The lowest BCUT2D eigenvalue weighted by Gasteiger charge is -2.30. The molecule has 0 unspecified atom stereocenters. The fourth-order valence-electron chi connectivity index (χ4n) is 2.97. The molecule has 0 bridgehead atoms. The Morgan fingerprint density at radius 1 is 0.806 bits per heavy atom. The number of benzene rings is 2. The summed E-state index contributed by atoms with van der Waals surface area (Å²) < 4.78 is 11.0. The molecular weight excluding hydrogens is 392 g/mol. The van der Waals surface area contributed by atoms with E-state index >= 15 is 0 Å². The molecule has 0 aromatic heterocycles. The molecule has 2 amide bonds. The normalized spacial score (nSPS) is 12.7. The highest BCUT2D eigenvalue weighted by atomic mass is 16.5. The van der Waals surface area contributed by atoms with Crippen LogP contribution < -0.4 is 10.6 Å². The first-order valence-corrected chi connectivity index (χ1v) is 10.8. The largest absolute Gasteiger partial charge is 0.371 e. The Morgan fingerprint density at radius 3 is 1.77 bits per heavy atom. The van der Waals surface area contributed by atoms with Crippen LogP contribution in [0, 0.1) is 0 Å². The second-order valence-electron chi connectivity index (χ2n) is 7.82. The first-order valence-electron chi connectivity index (χ1n) is 10.8. The van der Waals surface area contributed by atoms with E-state index in [4.69, 9.17) is 9.47 Å². The van der Waals surface area contributed by atoms with Gasteiger partial charge in [-0.1, -0.05) is 67.6 Å². The van der Waals surface area contributed by atoms with Crippen molar-refractivity contribution in [3.05, 3.63) is 71.8 Å². The van der Waals surface area contributed by atoms with E-state index in [0.29, 0.717) is 26.2 Å². The molecule has 0 heterocycles. The van der Waals surface area contributed by atoms with E-state index in [1.807, 2.05) is 74.5 Å². The van der Waals surface area contributed by atoms with Crippen LogP contribution in [0.3, 0.4) is 0 Å². The topological polar surface area (TPSA) is 76.7 Å². The molecule has 0 fully saturated rings. The maximum Gasteiger partial charge on any atom is 0.246 e. The molecule has 168 valence electrons. The van der Waals surface area contributed by atoms with Crippen molar-refractivity contribution in [3.8, 4) is 0 Å². The van der Waals surface area contributed by atoms with Gasteiger partial charge in [0.05, 0.1) is 18.8 Å². The molecule has 1 atom stereocenters. The molecule has 2 rings (SSSR count). The lowest BCUT2D eigenvalue weighted by Crippen LogP contribution is -2.54. The summed E-state index contributed by atoms with van der Waals surface area (Å²) in [5.74, 6) is -0.383. The summed E-state index contributed by atoms with van der Waals surface area (Å²) in [5.41, 5.74) is 1.81. The van der Waals surface area contributed by atoms with Crippen LogP contribution in [0.1, 0.15) is 31.4 Å². The molecule has 2 aromatic rings. The Labute approximate surface area is 185 Å². The quantitative estimate of drug-likeness (QED) is 0.456. The third-order valence-electron chi connectivity index (χ3n) is 5.12. The molecule has 0 saturated carbocycles. The van der Waals surface area contributed by atoms with Gasteiger partial charge < -0.3 is 20.1 Å². The van der Waals surface area contributed by atoms with Crippen molar-refractivity contribution >= 4 is 11.8 Å². The molecule has 0 radical (unpaired) electrons. The minimum absolute atomic E-state index is 0.00102. The predicted octanol–water partition coefficient (Wildman–Crippen LogP) is 2.91. The smallest absolute Gasteiger partial charge is 0.246 e. The Hall–Kier alpha value is -2.70. The molecule has 31 heavy (non-hydrogen) atoms. The summed E-state index contributed by atoms with van der Waals surface area (Å²) >= 11 is 0. The van der Waals surface area contributed by atoms with E-state index in [1.54, 1.807) is 0 Å². The maximum atomic E-state index is 12.2. The summed E-state index contributed by atoms with van der Waals surface area (Å²) in [6.45, 7) is 5.18. The lowest BCUT2D eigenvalue weighted by molar-refractivity contribution is -0.129. The van der Waals surface area contributed by atoms with Crippen molar-refractivity contribution in [2.45, 2.75) is 38.6 Å². The van der Waals surface area contributed by atoms with E-state index in [2.05, 4.69) is 10.6 Å². The number of hydrogen-bond acceptors (Lipinski definition) is 4. The Balaban J connectivity index is 1.60. The van der Waals surface area contributed by atoms with Gasteiger partial charge in [0, 0.05) is 6.54 Å².